The van der Waals surface area contributed by atoms with Crippen LogP contribution in [0.1, 0.15) is 23.0 Å². The Balaban J connectivity index is 0.00000304. The molecule has 0 bridgehead atoms. The number of aromatic nitrogens is 4. The number of methoxy groups -OCH3 is 1. The molecule has 10 heteroatoms. The fraction of sp³-hybridized carbons (Fsp3) is 0.269. The zero-order valence-electron chi connectivity index (χ0n) is 19.8. The van der Waals surface area contributed by atoms with Crippen LogP contribution in [0.3, 0.4) is 0 Å². The topological polar surface area (TPSA) is 59.3 Å². The minimum absolute atomic E-state index is 0. The molecule has 1 atom stereocenters. The van der Waals surface area contributed by atoms with E-state index < -0.39 is 6.04 Å². The molecule has 0 aliphatic carbocycles. The lowest BCUT2D eigenvalue weighted by atomic mass is 10.0. The SMILES string of the molecule is COc1ccc(Cn2nnnc2C(c2ccccc2F)N2CCN(c3ccc(F)cc3)CC2)cc1.Cl. The van der Waals surface area contributed by atoms with Gasteiger partial charge in [0.1, 0.15) is 23.4 Å². The van der Waals surface area contributed by atoms with Gasteiger partial charge in [0, 0.05) is 37.4 Å². The summed E-state index contributed by atoms with van der Waals surface area (Å²) in [5.41, 5.74) is 2.51. The number of tetrazole rings is 1. The third-order valence-electron chi connectivity index (χ3n) is 6.37. The van der Waals surface area contributed by atoms with E-state index in [9.17, 15) is 4.39 Å². The predicted octanol–water partition coefficient (Wildman–Crippen LogP) is 4.34. The number of hydrogen-bond acceptors (Lipinski definition) is 6. The largest absolute Gasteiger partial charge is 0.497 e. The van der Waals surface area contributed by atoms with Crippen LogP contribution in [0.2, 0.25) is 0 Å². The van der Waals surface area contributed by atoms with E-state index in [1.807, 2.05) is 30.3 Å². The molecule has 0 saturated carbocycles. The third kappa shape index (κ3) is 5.47. The number of piperazine rings is 1. The van der Waals surface area contributed by atoms with Gasteiger partial charge in [-0.15, -0.1) is 17.5 Å². The molecule has 5 rings (SSSR count). The highest BCUT2D eigenvalue weighted by atomic mass is 35.5. The lowest BCUT2D eigenvalue weighted by Gasteiger charge is -2.40. The smallest absolute Gasteiger partial charge is 0.173 e. The first-order valence-electron chi connectivity index (χ1n) is 11.5. The van der Waals surface area contributed by atoms with E-state index in [2.05, 4.69) is 25.3 Å². The van der Waals surface area contributed by atoms with Gasteiger partial charge in [0.2, 0.25) is 0 Å². The van der Waals surface area contributed by atoms with E-state index in [0.717, 1.165) is 30.1 Å². The first-order valence-corrected chi connectivity index (χ1v) is 11.5. The summed E-state index contributed by atoms with van der Waals surface area (Å²) in [6.07, 6.45) is 0. The summed E-state index contributed by atoms with van der Waals surface area (Å²) >= 11 is 0. The monoisotopic (exact) mass is 512 g/mol. The Labute approximate surface area is 214 Å². The molecule has 7 nitrogen and oxygen atoms in total. The Morgan fingerprint density at radius 1 is 0.889 bits per heavy atom. The average molecular weight is 513 g/mol. The Hall–Kier alpha value is -3.56. The molecule has 1 saturated heterocycles. The average Bonchev–Trinajstić information content (AvgIpc) is 3.34. The molecular formula is C26H27ClF2N6O. The minimum Gasteiger partial charge on any atom is -0.497 e. The van der Waals surface area contributed by atoms with Crippen molar-refractivity contribution in [1.29, 1.82) is 0 Å². The van der Waals surface area contributed by atoms with Gasteiger partial charge in [-0.2, -0.15) is 0 Å². The van der Waals surface area contributed by atoms with Crippen molar-refractivity contribution >= 4 is 18.1 Å². The molecule has 0 amide bonds. The van der Waals surface area contributed by atoms with E-state index in [4.69, 9.17) is 4.74 Å². The van der Waals surface area contributed by atoms with E-state index in [0.29, 0.717) is 31.0 Å². The van der Waals surface area contributed by atoms with Crippen LogP contribution >= 0.6 is 12.4 Å². The molecule has 3 aromatic carbocycles. The van der Waals surface area contributed by atoms with Gasteiger partial charge in [-0.1, -0.05) is 30.3 Å². The van der Waals surface area contributed by atoms with Crippen LogP contribution in [-0.2, 0) is 6.54 Å². The van der Waals surface area contributed by atoms with Crippen LogP contribution in [0, 0.1) is 11.6 Å². The van der Waals surface area contributed by atoms with Crippen molar-refractivity contribution < 1.29 is 13.5 Å². The Morgan fingerprint density at radius 2 is 1.58 bits per heavy atom. The first-order chi connectivity index (χ1) is 17.1. The van der Waals surface area contributed by atoms with Gasteiger partial charge in [0.25, 0.3) is 0 Å². The summed E-state index contributed by atoms with van der Waals surface area (Å²) < 4.78 is 35.4. The van der Waals surface area contributed by atoms with Crippen LogP contribution in [0.15, 0.2) is 72.8 Å². The highest BCUT2D eigenvalue weighted by Crippen LogP contribution is 2.31. The van der Waals surface area contributed by atoms with Gasteiger partial charge in [-0.05, 0) is 58.5 Å². The molecule has 36 heavy (non-hydrogen) atoms. The molecule has 0 radical (unpaired) electrons. The molecular weight excluding hydrogens is 486 g/mol. The fourth-order valence-corrected chi connectivity index (χ4v) is 4.51. The summed E-state index contributed by atoms with van der Waals surface area (Å²) in [7, 11) is 1.63. The first kappa shape index (κ1) is 25.5. The number of anilines is 1. The van der Waals surface area contributed by atoms with Gasteiger partial charge < -0.3 is 9.64 Å². The summed E-state index contributed by atoms with van der Waals surface area (Å²) in [4.78, 5) is 4.41. The van der Waals surface area contributed by atoms with Crippen LogP contribution in [0.25, 0.3) is 0 Å². The maximum absolute atomic E-state index is 15.0. The van der Waals surface area contributed by atoms with Crippen molar-refractivity contribution in [2.75, 3.05) is 38.2 Å². The second-order valence-electron chi connectivity index (χ2n) is 8.47. The molecule has 2 heterocycles. The van der Waals surface area contributed by atoms with E-state index in [1.165, 1.54) is 18.2 Å². The van der Waals surface area contributed by atoms with Crippen LogP contribution in [-0.4, -0.2) is 58.4 Å². The maximum Gasteiger partial charge on any atom is 0.173 e. The second-order valence-corrected chi connectivity index (χ2v) is 8.47. The quantitative estimate of drug-likeness (QED) is 0.367. The fourth-order valence-electron chi connectivity index (χ4n) is 4.51. The van der Waals surface area contributed by atoms with Crippen molar-refractivity contribution in [3.63, 3.8) is 0 Å². The van der Waals surface area contributed by atoms with Crippen molar-refractivity contribution in [2.45, 2.75) is 12.6 Å². The lowest BCUT2D eigenvalue weighted by Crippen LogP contribution is -2.48. The molecule has 0 spiro atoms. The molecule has 1 aliphatic heterocycles. The minimum atomic E-state index is -0.445. The Kier molecular flexibility index (Phi) is 8.12. The number of hydrogen-bond donors (Lipinski definition) is 0. The number of benzene rings is 3. The molecule has 4 aromatic rings. The predicted molar refractivity (Wildman–Crippen MR) is 136 cm³/mol. The van der Waals surface area contributed by atoms with E-state index in [-0.39, 0.29) is 24.0 Å². The number of rotatable bonds is 7. The summed E-state index contributed by atoms with van der Waals surface area (Å²) in [5, 5.41) is 12.5. The number of nitrogens with zero attached hydrogens (tertiary/aromatic N) is 6. The van der Waals surface area contributed by atoms with Gasteiger partial charge in [-0.25, -0.2) is 13.5 Å². The highest BCUT2D eigenvalue weighted by molar-refractivity contribution is 5.85. The molecule has 1 aliphatic rings. The van der Waals surface area contributed by atoms with Crippen molar-refractivity contribution in [2.24, 2.45) is 0 Å². The molecule has 1 unspecified atom stereocenters. The highest BCUT2D eigenvalue weighted by Gasteiger charge is 2.32. The standard InChI is InChI=1S/C26H26F2N6O.ClH/c1-35-22-12-6-19(7-13-22)18-34-26(29-30-31-34)25(23-4-2-3-5-24(23)28)33-16-14-32(15-17-33)21-10-8-20(27)9-11-21;/h2-13,25H,14-18H2,1H3;1H. The normalized spacial score (nSPS) is 14.8. The zero-order valence-corrected chi connectivity index (χ0v) is 20.6. The van der Waals surface area contributed by atoms with Gasteiger partial charge in [0.15, 0.2) is 5.82 Å². The van der Waals surface area contributed by atoms with Gasteiger partial charge >= 0.3 is 0 Å². The number of halogens is 3. The Bertz CT molecular complexity index is 1260. The maximum atomic E-state index is 15.0. The zero-order chi connectivity index (χ0) is 24.2. The van der Waals surface area contributed by atoms with Crippen molar-refractivity contribution in [3.05, 3.63) is 101 Å². The molecule has 1 aromatic heterocycles. The molecule has 1 fully saturated rings. The van der Waals surface area contributed by atoms with Crippen LogP contribution in [0.5, 0.6) is 5.75 Å². The van der Waals surface area contributed by atoms with E-state index in [1.54, 1.807) is 36.1 Å². The summed E-state index contributed by atoms with van der Waals surface area (Å²) in [6.45, 7) is 3.23. The molecule has 188 valence electrons. The van der Waals surface area contributed by atoms with Crippen molar-refractivity contribution in [1.82, 2.24) is 25.1 Å². The van der Waals surface area contributed by atoms with Crippen LogP contribution in [0.4, 0.5) is 14.5 Å². The van der Waals surface area contributed by atoms with Gasteiger partial charge in [0.05, 0.1) is 13.7 Å². The summed E-state index contributed by atoms with van der Waals surface area (Å²) in [6, 6.07) is 20.5. The third-order valence-corrected chi connectivity index (χ3v) is 6.37. The Morgan fingerprint density at radius 3 is 2.25 bits per heavy atom. The van der Waals surface area contributed by atoms with Gasteiger partial charge in [-0.3, -0.25) is 4.90 Å². The van der Waals surface area contributed by atoms with E-state index >= 15 is 4.39 Å². The lowest BCUT2D eigenvalue weighted by molar-refractivity contribution is 0.198. The second kappa shape index (κ2) is 11.5. The molecule has 0 N–H and O–H groups in total. The summed E-state index contributed by atoms with van der Waals surface area (Å²) in [5.74, 6) is 0.809. The van der Waals surface area contributed by atoms with Crippen LogP contribution < -0.4 is 9.64 Å². The number of ether oxygens (including phenoxy) is 1. The van der Waals surface area contributed by atoms with Crippen molar-refractivity contribution in [3.8, 4) is 5.75 Å².